The SMILES string of the molecule is CC(=O)CN=C(N)Nc1cc(C(C)c2cccc(C(=O)c3ccccc3)c2)no1. The molecule has 0 spiro atoms. The van der Waals surface area contributed by atoms with Crippen molar-refractivity contribution in [2.75, 3.05) is 11.9 Å². The molecule has 0 bridgehead atoms. The number of anilines is 1. The lowest BCUT2D eigenvalue weighted by molar-refractivity contribution is -0.115. The molecule has 0 saturated heterocycles. The van der Waals surface area contributed by atoms with Crippen molar-refractivity contribution in [1.82, 2.24) is 5.16 Å². The number of rotatable bonds is 7. The number of ketones is 2. The fraction of sp³-hybridized carbons (Fsp3) is 0.182. The number of hydrogen-bond acceptors (Lipinski definition) is 5. The summed E-state index contributed by atoms with van der Waals surface area (Å²) in [6, 6.07) is 18.3. The summed E-state index contributed by atoms with van der Waals surface area (Å²) in [5.74, 6) is 0.176. The van der Waals surface area contributed by atoms with Crippen molar-refractivity contribution in [3.63, 3.8) is 0 Å². The predicted molar refractivity (Wildman–Crippen MR) is 111 cm³/mol. The second-order valence-electron chi connectivity index (χ2n) is 6.69. The zero-order valence-electron chi connectivity index (χ0n) is 16.3. The molecule has 7 heteroatoms. The first-order chi connectivity index (χ1) is 13.9. The number of aromatic nitrogens is 1. The minimum absolute atomic E-state index is 0.00152. The third kappa shape index (κ3) is 5.16. The van der Waals surface area contributed by atoms with Crippen molar-refractivity contribution in [2.45, 2.75) is 19.8 Å². The summed E-state index contributed by atoms with van der Waals surface area (Å²) >= 11 is 0. The van der Waals surface area contributed by atoms with Crippen LogP contribution in [-0.2, 0) is 4.79 Å². The predicted octanol–water partition coefficient (Wildman–Crippen LogP) is 3.37. The van der Waals surface area contributed by atoms with Crippen molar-refractivity contribution >= 4 is 23.4 Å². The lowest BCUT2D eigenvalue weighted by atomic mass is 9.94. The Balaban J connectivity index is 1.75. The van der Waals surface area contributed by atoms with E-state index < -0.39 is 0 Å². The molecule has 0 radical (unpaired) electrons. The standard InChI is InChI=1S/C22H22N4O3/c1-14(27)13-24-22(23)25-20-12-19(26-29-20)15(2)17-9-6-10-18(11-17)21(28)16-7-4-3-5-8-16/h3-12,15H,13H2,1-2H3,(H3,23,24,25). The van der Waals surface area contributed by atoms with Crippen molar-refractivity contribution < 1.29 is 14.1 Å². The van der Waals surface area contributed by atoms with Gasteiger partial charge in [-0.3, -0.25) is 14.9 Å². The molecule has 1 unspecified atom stereocenters. The highest BCUT2D eigenvalue weighted by atomic mass is 16.5. The van der Waals surface area contributed by atoms with Crippen molar-refractivity contribution in [1.29, 1.82) is 0 Å². The smallest absolute Gasteiger partial charge is 0.231 e. The van der Waals surface area contributed by atoms with Crippen LogP contribution >= 0.6 is 0 Å². The summed E-state index contributed by atoms with van der Waals surface area (Å²) in [6.07, 6.45) is 0. The van der Waals surface area contributed by atoms with Gasteiger partial charge in [0.2, 0.25) is 5.88 Å². The molecule has 0 saturated carbocycles. The highest BCUT2D eigenvalue weighted by Crippen LogP contribution is 2.26. The number of carbonyl (C=O) groups excluding carboxylic acids is 2. The van der Waals surface area contributed by atoms with Crippen molar-refractivity contribution in [3.8, 4) is 0 Å². The molecule has 1 heterocycles. The third-order valence-corrected chi connectivity index (χ3v) is 4.38. The second kappa shape index (κ2) is 8.97. The van der Waals surface area contributed by atoms with E-state index >= 15 is 0 Å². The van der Waals surface area contributed by atoms with E-state index in [0.717, 1.165) is 5.56 Å². The van der Waals surface area contributed by atoms with Crippen LogP contribution in [0, 0.1) is 0 Å². The molecular weight excluding hydrogens is 368 g/mol. The van der Waals surface area contributed by atoms with Gasteiger partial charge in [-0.15, -0.1) is 0 Å². The van der Waals surface area contributed by atoms with Crippen LogP contribution in [0.25, 0.3) is 0 Å². The van der Waals surface area contributed by atoms with Gasteiger partial charge >= 0.3 is 0 Å². The maximum Gasteiger partial charge on any atom is 0.231 e. The molecule has 1 atom stereocenters. The number of Topliss-reactive ketones (excluding diaryl/α,β-unsaturated/α-hetero) is 1. The summed E-state index contributed by atoms with van der Waals surface area (Å²) in [6.45, 7) is 3.40. The molecule has 0 aliphatic rings. The number of nitrogens with two attached hydrogens (primary N) is 1. The van der Waals surface area contributed by atoms with Gasteiger partial charge in [-0.2, -0.15) is 0 Å². The van der Waals surface area contributed by atoms with E-state index in [1.807, 2.05) is 43.3 Å². The normalized spacial score (nSPS) is 12.4. The van der Waals surface area contributed by atoms with Crippen LogP contribution in [0.1, 0.15) is 46.9 Å². The van der Waals surface area contributed by atoms with Crippen LogP contribution in [-0.4, -0.2) is 29.2 Å². The Hall–Kier alpha value is -3.74. The summed E-state index contributed by atoms with van der Waals surface area (Å²) in [5, 5.41) is 6.84. The quantitative estimate of drug-likeness (QED) is 0.363. The highest BCUT2D eigenvalue weighted by Gasteiger charge is 2.17. The Morgan fingerprint density at radius 2 is 1.83 bits per heavy atom. The highest BCUT2D eigenvalue weighted by molar-refractivity contribution is 6.09. The van der Waals surface area contributed by atoms with Gasteiger partial charge < -0.3 is 10.3 Å². The lowest BCUT2D eigenvalue weighted by Crippen LogP contribution is -2.23. The molecule has 0 amide bonds. The second-order valence-corrected chi connectivity index (χ2v) is 6.69. The summed E-state index contributed by atoms with van der Waals surface area (Å²) in [4.78, 5) is 27.6. The van der Waals surface area contributed by atoms with Gasteiger partial charge in [0.15, 0.2) is 17.5 Å². The van der Waals surface area contributed by atoms with Crippen LogP contribution in [0.2, 0.25) is 0 Å². The zero-order valence-corrected chi connectivity index (χ0v) is 16.3. The first-order valence-electron chi connectivity index (χ1n) is 9.16. The molecule has 2 aromatic carbocycles. The molecule has 3 aromatic rings. The van der Waals surface area contributed by atoms with Gasteiger partial charge in [-0.05, 0) is 18.6 Å². The minimum atomic E-state index is -0.104. The van der Waals surface area contributed by atoms with Crippen molar-refractivity contribution in [2.24, 2.45) is 10.7 Å². The minimum Gasteiger partial charge on any atom is -0.370 e. The topological polar surface area (TPSA) is 111 Å². The first-order valence-corrected chi connectivity index (χ1v) is 9.16. The summed E-state index contributed by atoms with van der Waals surface area (Å²) < 4.78 is 5.26. The monoisotopic (exact) mass is 390 g/mol. The Bertz CT molecular complexity index is 1040. The van der Waals surface area contributed by atoms with E-state index in [4.69, 9.17) is 10.3 Å². The third-order valence-electron chi connectivity index (χ3n) is 4.38. The molecule has 0 aliphatic carbocycles. The van der Waals surface area contributed by atoms with E-state index in [9.17, 15) is 9.59 Å². The molecule has 1 aromatic heterocycles. The van der Waals surface area contributed by atoms with Crippen molar-refractivity contribution in [3.05, 3.63) is 83.0 Å². The number of guanidine groups is 1. The number of hydrogen-bond donors (Lipinski definition) is 2. The van der Waals surface area contributed by atoms with E-state index in [-0.39, 0.29) is 30.0 Å². The van der Waals surface area contributed by atoms with Gasteiger partial charge in [-0.1, -0.05) is 60.6 Å². The van der Waals surface area contributed by atoms with E-state index in [0.29, 0.717) is 22.7 Å². The molecular formula is C22H22N4O3. The van der Waals surface area contributed by atoms with Crippen LogP contribution < -0.4 is 11.1 Å². The van der Waals surface area contributed by atoms with Gasteiger partial charge in [0.1, 0.15) is 6.54 Å². The van der Waals surface area contributed by atoms with Gasteiger partial charge in [0.05, 0.1) is 5.69 Å². The number of nitrogens with one attached hydrogen (secondary N) is 1. The van der Waals surface area contributed by atoms with Crippen LogP contribution in [0.3, 0.4) is 0 Å². The Kier molecular flexibility index (Phi) is 6.19. The molecule has 0 fully saturated rings. The first kappa shape index (κ1) is 20.0. The van der Waals surface area contributed by atoms with Gasteiger partial charge in [0.25, 0.3) is 0 Å². The average Bonchev–Trinajstić information content (AvgIpc) is 3.20. The Morgan fingerprint density at radius 3 is 2.55 bits per heavy atom. The Labute approximate surface area is 168 Å². The largest absolute Gasteiger partial charge is 0.370 e. The van der Waals surface area contributed by atoms with Gasteiger partial charge in [-0.25, -0.2) is 4.99 Å². The van der Waals surface area contributed by atoms with Gasteiger partial charge in [0, 0.05) is 23.1 Å². The maximum atomic E-state index is 12.7. The molecule has 7 nitrogen and oxygen atoms in total. The van der Waals surface area contributed by atoms with Crippen LogP contribution in [0.4, 0.5) is 5.88 Å². The van der Waals surface area contributed by atoms with E-state index in [1.54, 1.807) is 24.3 Å². The number of benzene rings is 2. The number of nitrogens with zero attached hydrogens (tertiary/aromatic N) is 2. The molecule has 3 rings (SSSR count). The zero-order chi connectivity index (χ0) is 20.8. The summed E-state index contributed by atoms with van der Waals surface area (Å²) in [5.41, 5.74) is 8.59. The fourth-order valence-electron chi connectivity index (χ4n) is 2.79. The average molecular weight is 390 g/mol. The summed E-state index contributed by atoms with van der Waals surface area (Å²) in [7, 11) is 0. The maximum absolute atomic E-state index is 12.7. The fourth-order valence-corrected chi connectivity index (χ4v) is 2.79. The lowest BCUT2D eigenvalue weighted by Gasteiger charge is -2.10. The van der Waals surface area contributed by atoms with Crippen LogP contribution in [0.5, 0.6) is 0 Å². The molecule has 29 heavy (non-hydrogen) atoms. The molecule has 3 N–H and O–H groups in total. The van der Waals surface area contributed by atoms with E-state index in [2.05, 4.69) is 15.5 Å². The molecule has 148 valence electrons. The Morgan fingerprint density at radius 1 is 1.10 bits per heavy atom. The number of carbonyl (C=O) groups is 2. The number of aliphatic imine (C=N–C) groups is 1. The van der Waals surface area contributed by atoms with E-state index in [1.165, 1.54) is 6.92 Å². The van der Waals surface area contributed by atoms with Crippen LogP contribution in [0.15, 0.2) is 70.2 Å². The molecule has 0 aliphatic heterocycles.